The largest absolute Gasteiger partial charge is 0.452 e. The highest BCUT2D eigenvalue weighted by atomic mass is 19.4. The average molecular weight is 260 g/mol. The molecule has 0 aromatic rings. The molecule has 17 heavy (non-hydrogen) atoms. The molecule has 1 rings (SSSR count). The zero-order chi connectivity index (χ0) is 13.6. The van der Waals surface area contributed by atoms with Crippen molar-refractivity contribution in [3.05, 3.63) is 12.2 Å². The van der Waals surface area contributed by atoms with Crippen LogP contribution in [0.2, 0.25) is 0 Å². The maximum atomic E-state index is 13.1. The summed E-state index contributed by atoms with van der Waals surface area (Å²) in [5, 5.41) is 8.81. The summed E-state index contributed by atoms with van der Waals surface area (Å²) in [5.74, 6) is -5.78. The Labute approximate surface area is 92.9 Å². The molecule has 0 saturated heterocycles. The van der Waals surface area contributed by atoms with Crippen molar-refractivity contribution in [2.45, 2.75) is 37.1 Å². The Morgan fingerprint density at radius 3 is 2.24 bits per heavy atom. The van der Waals surface area contributed by atoms with Gasteiger partial charge in [0.15, 0.2) is 6.10 Å². The molecular weight excluding hydrogens is 251 g/mol. The lowest BCUT2D eigenvalue weighted by molar-refractivity contribution is -0.404. The standard InChI is InChI=1S/C9H9F5O3/c1-4(2)6(15)17-5-3-7(16,8(5,10)11)9(12,13)14/h5,16H,1,3H2,2H3. The number of esters is 1. The fourth-order valence-electron chi connectivity index (χ4n) is 1.32. The van der Waals surface area contributed by atoms with Crippen molar-refractivity contribution < 1.29 is 36.6 Å². The topological polar surface area (TPSA) is 46.5 Å². The predicted octanol–water partition coefficient (Wildman–Crippen LogP) is 1.81. The molecule has 2 unspecified atom stereocenters. The van der Waals surface area contributed by atoms with E-state index in [9.17, 15) is 26.7 Å². The third-order valence-electron chi connectivity index (χ3n) is 2.50. The first-order chi connectivity index (χ1) is 7.43. The molecule has 0 amide bonds. The summed E-state index contributed by atoms with van der Waals surface area (Å²) >= 11 is 0. The van der Waals surface area contributed by atoms with Crippen molar-refractivity contribution in [3.8, 4) is 0 Å². The number of alkyl halides is 5. The zero-order valence-electron chi connectivity index (χ0n) is 8.65. The van der Waals surface area contributed by atoms with E-state index in [-0.39, 0.29) is 5.57 Å². The Morgan fingerprint density at radius 2 is 1.94 bits per heavy atom. The normalized spacial score (nSPS) is 31.6. The van der Waals surface area contributed by atoms with Crippen LogP contribution in [-0.2, 0) is 9.53 Å². The Hall–Kier alpha value is -1.18. The van der Waals surface area contributed by atoms with Gasteiger partial charge in [0.05, 0.1) is 0 Å². The molecule has 1 saturated carbocycles. The fraction of sp³-hybridized carbons (Fsp3) is 0.667. The van der Waals surface area contributed by atoms with Crippen LogP contribution in [0.4, 0.5) is 22.0 Å². The number of hydrogen-bond donors (Lipinski definition) is 1. The zero-order valence-corrected chi connectivity index (χ0v) is 8.65. The van der Waals surface area contributed by atoms with Crippen molar-refractivity contribution in [2.75, 3.05) is 0 Å². The third kappa shape index (κ3) is 1.90. The van der Waals surface area contributed by atoms with Crippen LogP contribution in [-0.4, -0.2) is 34.9 Å². The number of carbonyl (C=O) groups is 1. The molecule has 1 N–H and O–H groups in total. The molecule has 0 radical (unpaired) electrons. The summed E-state index contributed by atoms with van der Waals surface area (Å²) in [6.45, 7) is 4.26. The summed E-state index contributed by atoms with van der Waals surface area (Å²) in [5.41, 5.74) is -4.36. The molecule has 0 bridgehead atoms. The summed E-state index contributed by atoms with van der Waals surface area (Å²) in [6, 6.07) is 0. The van der Waals surface area contributed by atoms with Crippen LogP contribution in [0.3, 0.4) is 0 Å². The highest BCUT2D eigenvalue weighted by Crippen LogP contribution is 2.56. The first kappa shape index (κ1) is 13.9. The van der Waals surface area contributed by atoms with Gasteiger partial charge in [-0.25, -0.2) is 4.79 Å². The molecule has 1 fully saturated rings. The molecule has 0 aromatic carbocycles. The van der Waals surface area contributed by atoms with Crippen LogP contribution in [0.25, 0.3) is 0 Å². The SMILES string of the molecule is C=C(C)C(=O)OC1CC(O)(C(F)(F)F)C1(F)F. The molecule has 0 aromatic heterocycles. The highest BCUT2D eigenvalue weighted by Gasteiger charge is 2.81. The number of ether oxygens (including phenoxy) is 1. The van der Waals surface area contributed by atoms with Gasteiger partial charge in [-0.1, -0.05) is 6.58 Å². The van der Waals surface area contributed by atoms with Crippen molar-refractivity contribution in [3.63, 3.8) is 0 Å². The van der Waals surface area contributed by atoms with Gasteiger partial charge in [0.25, 0.3) is 0 Å². The van der Waals surface area contributed by atoms with Gasteiger partial charge in [-0.05, 0) is 6.92 Å². The van der Waals surface area contributed by atoms with Gasteiger partial charge in [-0.3, -0.25) is 0 Å². The second kappa shape index (κ2) is 3.66. The van der Waals surface area contributed by atoms with Crippen LogP contribution in [0.5, 0.6) is 0 Å². The van der Waals surface area contributed by atoms with Crippen molar-refractivity contribution >= 4 is 5.97 Å². The molecule has 0 spiro atoms. The van der Waals surface area contributed by atoms with E-state index < -0.39 is 36.2 Å². The Morgan fingerprint density at radius 1 is 1.47 bits per heavy atom. The van der Waals surface area contributed by atoms with E-state index in [2.05, 4.69) is 11.3 Å². The minimum atomic E-state index is -5.48. The maximum absolute atomic E-state index is 13.1. The van der Waals surface area contributed by atoms with Crippen molar-refractivity contribution in [2.24, 2.45) is 0 Å². The van der Waals surface area contributed by atoms with E-state index >= 15 is 0 Å². The number of aliphatic hydroxyl groups is 1. The van der Waals surface area contributed by atoms with Crippen LogP contribution in [0, 0.1) is 0 Å². The lowest BCUT2D eigenvalue weighted by atomic mass is 9.72. The van der Waals surface area contributed by atoms with E-state index in [4.69, 9.17) is 5.11 Å². The molecule has 1 aliphatic carbocycles. The number of carbonyl (C=O) groups excluding carboxylic acids is 1. The lowest BCUT2D eigenvalue weighted by Gasteiger charge is -2.50. The molecule has 0 aliphatic heterocycles. The second-order valence-corrected chi connectivity index (χ2v) is 3.86. The quantitative estimate of drug-likeness (QED) is 0.468. The molecule has 8 heteroatoms. The van der Waals surface area contributed by atoms with Gasteiger partial charge in [0.2, 0.25) is 5.60 Å². The fourth-order valence-corrected chi connectivity index (χ4v) is 1.32. The first-order valence-corrected chi connectivity index (χ1v) is 4.47. The van der Waals surface area contributed by atoms with Crippen LogP contribution in [0.1, 0.15) is 13.3 Å². The van der Waals surface area contributed by atoms with E-state index in [0.29, 0.717) is 0 Å². The summed E-state index contributed by atoms with van der Waals surface area (Å²) in [4.78, 5) is 10.9. The second-order valence-electron chi connectivity index (χ2n) is 3.86. The third-order valence-corrected chi connectivity index (χ3v) is 2.50. The summed E-state index contributed by atoms with van der Waals surface area (Å²) < 4.78 is 66.8. The molecule has 98 valence electrons. The summed E-state index contributed by atoms with van der Waals surface area (Å²) in [7, 11) is 0. The maximum Gasteiger partial charge on any atom is 0.423 e. The van der Waals surface area contributed by atoms with Gasteiger partial charge < -0.3 is 9.84 Å². The Bertz CT molecular complexity index is 362. The Balaban J connectivity index is 2.81. The molecule has 2 atom stereocenters. The highest BCUT2D eigenvalue weighted by molar-refractivity contribution is 5.87. The van der Waals surface area contributed by atoms with Gasteiger partial charge in [0.1, 0.15) is 0 Å². The van der Waals surface area contributed by atoms with E-state index in [1.807, 2.05) is 0 Å². The Kier molecular flexibility index (Phi) is 2.99. The molecule has 3 nitrogen and oxygen atoms in total. The van der Waals surface area contributed by atoms with Crippen LogP contribution in [0.15, 0.2) is 12.2 Å². The van der Waals surface area contributed by atoms with Gasteiger partial charge in [-0.15, -0.1) is 0 Å². The number of hydrogen-bond acceptors (Lipinski definition) is 3. The molecule has 1 aliphatic rings. The molecular formula is C9H9F5O3. The minimum absolute atomic E-state index is 0.219. The van der Waals surface area contributed by atoms with E-state index in [0.717, 1.165) is 6.92 Å². The monoisotopic (exact) mass is 260 g/mol. The van der Waals surface area contributed by atoms with E-state index in [1.165, 1.54) is 0 Å². The summed E-state index contributed by atoms with van der Waals surface area (Å²) in [6.07, 6.45) is -9.16. The lowest BCUT2D eigenvalue weighted by Crippen LogP contribution is -2.74. The average Bonchev–Trinajstić information content (AvgIpc) is 2.14. The minimum Gasteiger partial charge on any atom is -0.452 e. The van der Waals surface area contributed by atoms with Gasteiger partial charge in [0, 0.05) is 12.0 Å². The number of rotatable bonds is 2. The van der Waals surface area contributed by atoms with Crippen molar-refractivity contribution in [1.82, 2.24) is 0 Å². The first-order valence-electron chi connectivity index (χ1n) is 4.47. The smallest absolute Gasteiger partial charge is 0.423 e. The van der Waals surface area contributed by atoms with Crippen LogP contribution < -0.4 is 0 Å². The van der Waals surface area contributed by atoms with Gasteiger partial charge >= 0.3 is 18.1 Å². The predicted molar refractivity (Wildman–Crippen MR) is 45.3 cm³/mol. The molecule has 0 heterocycles. The number of halogens is 5. The van der Waals surface area contributed by atoms with Gasteiger partial charge in [-0.2, -0.15) is 22.0 Å². The van der Waals surface area contributed by atoms with Crippen molar-refractivity contribution in [1.29, 1.82) is 0 Å². The van der Waals surface area contributed by atoms with Crippen LogP contribution >= 0.6 is 0 Å². The van der Waals surface area contributed by atoms with E-state index in [1.54, 1.807) is 0 Å².